The van der Waals surface area contributed by atoms with Crippen molar-refractivity contribution in [3.63, 3.8) is 0 Å². The molecule has 1 aromatic heterocycles. The molecule has 2 aromatic rings. The Hall–Kier alpha value is -1.48. The highest BCUT2D eigenvalue weighted by molar-refractivity contribution is 7.07. The second-order valence-electron chi connectivity index (χ2n) is 4.14. The van der Waals surface area contributed by atoms with Gasteiger partial charge in [-0.1, -0.05) is 6.92 Å². The minimum absolute atomic E-state index is 0.820. The normalized spacial score (nSPS) is 10.4. The highest BCUT2D eigenvalue weighted by Crippen LogP contribution is 2.20. The van der Waals surface area contributed by atoms with Gasteiger partial charge in [-0.15, -0.1) is 0 Å². The molecule has 0 radical (unpaired) electrons. The van der Waals surface area contributed by atoms with E-state index in [1.807, 2.05) is 12.1 Å². The molecule has 2 rings (SSSR count). The average Bonchev–Trinajstić information content (AvgIpc) is 2.82. The summed E-state index contributed by atoms with van der Waals surface area (Å²) in [6.45, 7) is 4.25. The molecule has 0 aliphatic heterocycles. The van der Waals surface area contributed by atoms with Crippen molar-refractivity contribution >= 4 is 22.7 Å². The van der Waals surface area contributed by atoms with Gasteiger partial charge >= 0.3 is 0 Å². The van der Waals surface area contributed by atoms with E-state index in [0.717, 1.165) is 25.2 Å². The van der Waals surface area contributed by atoms with Crippen LogP contribution in [-0.4, -0.2) is 6.54 Å². The van der Waals surface area contributed by atoms with Crippen LogP contribution in [0.25, 0.3) is 0 Å². The maximum absolute atomic E-state index is 5.72. The predicted octanol–water partition coefficient (Wildman–Crippen LogP) is 3.75. The van der Waals surface area contributed by atoms with E-state index < -0.39 is 0 Å². The zero-order valence-corrected chi connectivity index (χ0v) is 10.9. The lowest BCUT2D eigenvalue weighted by Gasteiger charge is -2.24. The third-order valence-electron chi connectivity index (χ3n) is 2.71. The average molecular weight is 246 g/mol. The SMILES string of the molecule is CCCN(Cc1ccsc1)c1ccc(N)cc1. The largest absolute Gasteiger partial charge is 0.399 e. The van der Waals surface area contributed by atoms with Crippen molar-refractivity contribution in [1.82, 2.24) is 0 Å². The van der Waals surface area contributed by atoms with Crippen LogP contribution in [0.3, 0.4) is 0 Å². The zero-order chi connectivity index (χ0) is 12.1. The third kappa shape index (κ3) is 3.24. The molecule has 2 nitrogen and oxygen atoms in total. The first-order chi connectivity index (χ1) is 8.29. The number of rotatable bonds is 5. The van der Waals surface area contributed by atoms with Crippen LogP contribution in [0.4, 0.5) is 11.4 Å². The van der Waals surface area contributed by atoms with Gasteiger partial charge in [-0.3, -0.25) is 0 Å². The first kappa shape index (κ1) is 12.0. The molecule has 1 heterocycles. The van der Waals surface area contributed by atoms with Crippen molar-refractivity contribution in [1.29, 1.82) is 0 Å². The summed E-state index contributed by atoms with van der Waals surface area (Å²) in [5.41, 5.74) is 9.16. The summed E-state index contributed by atoms with van der Waals surface area (Å²) in [6, 6.07) is 10.3. The van der Waals surface area contributed by atoms with E-state index in [-0.39, 0.29) is 0 Å². The van der Waals surface area contributed by atoms with Gasteiger partial charge in [-0.25, -0.2) is 0 Å². The lowest BCUT2D eigenvalue weighted by Crippen LogP contribution is -2.23. The highest BCUT2D eigenvalue weighted by atomic mass is 32.1. The number of nitrogens with two attached hydrogens (primary N) is 1. The molecule has 1 aromatic carbocycles. The molecular weight excluding hydrogens is 228 g/mol. The van der Waals surface area contributed by atoms with Gasteiger partial charge in [-0.05, 0) is 53.1 Å². The minimum Gasteiger partial charge on any atom is -0.399 e. The summed E-state index contributed by atoms with van der Waals surface area (Å²) in [7, 11) is 0. The molecule has 0 aliphatic carbocycles. The highest BCUT2D eigenvalue weighted by Gasteiger charge is 2.06. The van der Waals surface area contributed by atoms with Crippen molar-refractivity contribution in [2.75, 3.05) is 17.2 Å². The molecule has 3 heteroatoms. The van der Waals surface area contributed by atoms with Gasteiger partial charge in [0, 0.05) is 24.5 Å². The lowest BCUT2D eigenvalue weighted by molar-refractivity contribution is 0.769. The summed E-state index contributed by atoms with van der Waals surface area (Å²) in [5.74, 6) is 0. The van der Waals surface area contributed by atoms with Gasteiger partial charge in [0.25, 0.3) is 0 Å². The Kier molecular flexibility index (Phi) is 4.04. The van der Waals surface area contributed by atoms with Crippen molar-refractivity contribution < 1.29 is 0 Å². The quantitative estimate of drug-likeness (QED) is 0.814. The van der Waals surface area contributed by atoms with Crippen molar-refractivity contribution in [2.45, 2.75) is 19.9 Å². The van der Waals surface area contributed by atoms with Gasteiger partial charge < -0.3 is 10.6 Å². The number of benzene rings is 1. The molecule has 0 atom stereocenters. The van der Waals surface area contributed by atoms with Crippen LogP contribution in [0.5, 0.6) is 0 Å². The molecule has 0 aliphatic rings. The van der Waals surface area contributed by atoms with E-state index >= 15 is 0 Å². The number of thiophene rings is 1. The number of nitrogen functional groups attached to an aromatic ring is 1. The van der Waals surface area contributed by atoms with Crippen LogP contribution < -0.4 is 10.6 Å². The minimum atomic E-state index is 0.820. The number of hydrogen-bond acceptors (Lipinski definition) is 3. The van der Waals surface area contributed by atoms with Gasteiger partial charge in [0.2, 0.25) is 0 Å². The van der Waals surface area contributed by atoms with Crippen LogP contribution >= 0.6 is 11.3 Å². The Morgan fingerprint density at radius 3 is 2.53 bits per heavy atom. The fourth-order valence-electron chi connectivity index (χ4n) is 1.86. The fraction of sp³-hybridized carbons (Fsp3) is 0.286. The van der Waals surface area contributed by atoms with Crippen LogP contribution in [0.15, 0.2) is 41.1 Å². The molecule has 0 saturated carbocycles. The Labute approximate surface area is 107 Å². The lowest BCUT2D eigenvalue weighted by atomic mass is 10.2. The molecule has 0 spiro atoms. The molecule has 17 heavy (non-hydrogen) atoms. The molecule has 2 N–H and O–H groups in total. The maximum atomic E-state index is 5.72. The van der Waals surface area contributed by atoms with E-state index in [9.17, 15) is 0 Å². The molecule has 90 valence electrons. The number of nitrogens with zero attached hydrogens (tertiary/aromatic N) is 1. The predicted molar refractivity (Wildman–Crippen MR) is 76.5 cm³/mol. The molecule has 0 fully saturated rings. The van der Waals surface area contributed by atoms with Crippen LogP contribution in [-0.2, 0) is 6.54 Å². The zero-order valence-electron chi connectivity index (χ0n) is 10.1. The molecular formula is C14H18N2S. The molecule has 0 amide bonds. The van der Waals surface area contributed by atoms with Crippen molar-refractivity contribution in [3.05, 3.63) is 46.7 Å². The monoisotopic (exact) mass is 246 g/mol. The van der Waals surface area contributed by atoms with Gasteiger partial charge in [0.05, 0.1) is 0 Å². The van der Waals surface area contributed by atoms with Crippen LogP contribution in [0.2, 0.25) is 0 Å². The van der Waals surface area contributed by atoms with Crippen LogP contribution in [0, 0.1) is 0 Å². The Morgan fingerprint density at radius 1 is 1.18 bits per heavy atom. The van der Waals surface area contributed by atoms with Gasteiger partial charge in [-0.2, -0.15) is 11.3 Å². The smallest absolute Gasteiger partial charge is 0.0437 e. The van der Waals surface area contributed by atoms with E-state index in [4.69, 9.17) is 5.73 Å². The second-order valence-corrected chi connectivity index (χ2v) is 4.92. The summed E-state index contributed by atoms with van der Waals surface area (Å²) in [4.78, 5) is 2.39. The number of anilines is 2. The molecule has 0 bridgehead atoms. The summed E-state index contributed by atoms with van der Waals surface area (Å²) < 4.78 is 0. The third-order valence-corrected chi connectivity index (χ3v) is 3.44. The van der Waals surface area contributed by atoms with Gasteiger partial charge in [0.15, 0.2) is 0 Å². The second kappa shape index (κ2) is 5.73. The standard InChI is InChI=1S/C14H18N2S/c1-2-8-16(10-12-7-9-17-11-12)14-5-3-13(15)4-6-14/h3-7,9,11H,2,8,10,15H2,1H3. The topological polar surface area (TPSA) is 29.3 Å². The van der Waals surface area contributed by atoms with Crippen molar-refractivity contribution in [3.8, 4) is 0 Å². The fourth-order valence-corrected chi connectivity index (χ4v) is 2.52. The van der Waals surface area contributed by atoms with Crippen molar-refractivity contribution in [2.24, 2.45) is 0 Å². The van der Waals surface area contributed by atoms with E-state index in [2.05, 4.69) is 40.8 Å². The van der Waals surface area contributed by atoms with E-state index in [0.29, 0.717) is 0 Å². The first-order valence-corrected chi connectivity index (χ1v) is 6.85. The van der Waals surface area contributed by atoms with E-state index in [1.165, 1.54) is 11.3 Å². The Bertz CT molecular complexity index is 434. The van der Waals surface area contributed by atoms with Gasteiger partial charge in [0.1, 0.15) is 0 Å². The first-order valence-electron chi connectivity index (χ1n) is 5.91. The molecule has 0 saturated heterocycles. The number of hydrogen-bond donors (Lipinski definition) is 1. The Morgan fingerprint density at radius 2 is 1.94 bits per heavy atom. The summed E-state index contributed by atoms with van der Waals surface area (Å²) >= 11 is 1.75. The summed E-state index contributed by atoms with van der Waals surface area (Å²) in [6.07, 6.45) is 1.15. The molecule has 0 unspecified atom stereocenters. The maximum Gasteiger partial charge on any atom is 0.0437 e. The summed E-state index contributed by atoms with van der Waals surface area (Å²) in [5, 5.41) is 4.34. The Balaban J connectivity index is 2.13. The van der Waals surface area contributed by atoms with E-state index in [1.54, 1.807) is 11.3 Å². The van der Waals surface area contributed by atoms with Crippen LogP contribution in [0.1, 0.15) is 18.9 Å².